The van der Waals surface area contributed by atoms with Gasteiger partial charge in [0.25, 0.3) is 0 Å². The molecule has 0 aliphatic heterocycles. The summed E-state index contributed by atoms with van der Waals surface area (Å²) >= 11 is 3.43. The van der Waals surface area contributed by atoms with Crippen LogP contribution in [-0.4, -0.2) is 41.1 Å². The third-order valence-electron chi connectivity index (χ3n) is 2.80. The van der Waals surface area contributed by atoms with Crippen molar-refractivity contribution in [3.05, 3.63) is 28.5 Å². The van der Waals surface area contributed by atoms with Gasteiger partial charge in [0.15, 0.2) is 0 Å². The number of halogens is 1. The number of pyridine rings is 1. The van der Waals surface area contributed by atoms with Crippen molar-refractivity contribution in [2.45, 2.75) is 12.8 Å². The Balaban J connectivity index is 2.00. The number of aromatic nitrogens is 6. The van der Waals surface area contributed by atoms with Gasteiger partial charge in [-0.25, -0.2) is 4.98 Å². The number of carbonyl (C=O) groups is 1. The fourth-order valence-corrected chi connectivity index (χ4v) is 2.36. The molecular weight excluding hydrogens is 328 g/mol. The van der Waals surface area contributed by atoms with Gasteiger partial charge in [0.05, 0.1) is 0 Å². The molecule has 3 heterocycles. The van der Waals surface area contributed by atoms with E-state index in [4.69, 9.17) is 5.11 Å². The first-order valence-electron chi connectivity index (χ1n) is 5.76. The Hall–Kier alpha value is -2.29. The molecule has 0 aliphatic rings. The topological polar surface area (TPSA) is 109 Å². The average molecular weight is 337 g/mol. The molecule has 0 bridgehead atoms. The van der Waals surface area contributed by atoms with Gasteiger partial charge in [-0.15, -0.1) is 10.2 Å². The van der Waals surface area contributed by atoms with Crippen molar-refractivity contribution >= 4 is 27.5 Å². The van der Waals surface area contributed by atoms with Crippen LogP contribution in [0.25, 0.3) is 17.2 Å². The first-order valence-corrected chi connectivity index (χ1v) is 6.55. The highest BCUT2D eigenvalue weighted by Gasteiger charge is 2.11. The van der Waals surface area contributed by atoms with E-state index in [-0.39, 0.29) is 6.42 Å². The van der Waals surface area contributed by atoms with E-state index in [9.17, 15) is 4.79 Å². The van der Waals surface area contributed by atoms with Gasteiger partial charge in [-0.2, -0.15) is 5.21 Å². The molecule has 0 aliphatic carbocycles. The van der Waals surface area contributed by atoms with Crippen molar-refractivity contribution < 1.29 is 9.90 Å². The smallest absolute Gasteiger partial charge is 0.303 e. The second-order valence-corrected chi connectivity index (χ2v) is 5.02. The zero-order valence-corrected chi connectivity index (χ0v) is 11.7. The molecule has 0 spiro atoms. The summed E-state index contributed by atoms with van der Waals surface area (Å²) in [6.07, 6.45) is 4.15. The predicted octanol–water partition coefficient (Wildman–Crippen LogP) is 1.29. The maximum absolute atomic E-state index is 10.6. The van der Waals surface area contributed by atoms with Crippen LogP contribution >= 0.6 is 15.9 Å². The molecule has 2 N–H and O–H groups in total. The van der Waals surface area contributed by atoms with Gasteiger partial charge < -0.3 is 9.51 Å². The zero-order chi connectivity index (χ0) is 14.1. The Bertz CT molecular complexity index is 767. The largest absolute Gasteiger partial charge is 0.481 e. The monoisotopic (exact) mass is 336 g/mol. The summed E-state index contributed by atoms with van der Waals surface area (Å²) in [4.78, 5) is 15.0. The molecule has 3 aromatic rings. The Morgan fingerprint density at radius 1 is 1.45 bits per heavy atom. The van der Waals surface area contributed by atoms with E-state index in [0.717, 1.165) is 15.7 Å². The van der Waals surface area contributed by atoms with Crippen LogP contribution in [0, 0.1) is 0 Å². The second kappa shape index (κ2) is 5.00. The maximum Gasteiger partial charge on any atom is 0.303 e. The van der Waals surface area contributed by atoms with Crippen LogP contribution in [0.3, 0.4) is 0 Å². The molecule has 20 heavy (non-hydrogen) atoms. The van der Waals surface area contributed by atoms with E-state index in [1.54, 1.807) is 6.20 Å². The SMILES string of the molecule is O=C(O)CCc1cn2cc(-c3nn[nH]n3)nc2cc1Br. The normalized spacial score (nSPS) is 11.1. The number of tetrazole rings is 1. The predicted molar refractivity (Wildman–Crippen MR) is 72.0 cm³/mol. The number of aryl methyl sites for hydroxylation is 1. The molecule has 3 aromatic heterocycles. The molecular formula is C11H9BrN6O2. The quantitative estimate of drug-likeness (QED) is 0.743. The molecule has 8 nitrogen and oxygen atoms in total. The molecule has 0 saturated carbocycles. The van der Waals surface area contributed by atoms with Gasteiger partial charge in [-0.05, 0) is 23.3 Å². The lowest BCUT2D eigenvalue weighted by Gasteiger charge is -2.03. The van der Waals surface area contributed by atoms with Crippen LogP contribution in [0.2, 0.25) is 0 Å². The van der Waals surface area contributed by atoms with E-state index in [1.165, 1.54) is 0 Å². The van der Waals surface area contributed by atoms with Crippen LogP contribution < -0.4 is 0 Å². The third kappa shape index (κ3) is 2.39. The average Bonchev–Trinajstić information content (AvgIpc) is 3.03. The Morgan fingerprint density at radius 2 is 2.30 bits per heavy atom. The first-order chi connectivity index (χ1) is 9.63. The van der Waals surface area contributed by atoms with Crippen LogP contribution in [0.15, 0.2) is 22.9 Å². The first kappa shape index (κ1) is 12.7. The number of rotatable bonds is 4. The highest BCUT2D eigenvalue weighted by atomic mass is 79.9. The number of nitrogens with zero attached hydrogens (tertiary/aromatic N) is 5. The molecule has 0 radical (unpaired) electrons. The number of H-pyrrole nitrogens is 1. The molecule has 102 valence electrons. The van der Waals surface area contributed by atoms with E-state index in [1.807, 2.05) is 16.7 Å². The highest BCUT2D eigenvalue weighted by molar-refractivity contribution is 9.10. The molecule has 0 saturated heterocycles. The minimum Gasteiger partial charge on any atom is -0.481 e. The summed E-state index contributed by atoms with van der Waals surface area (Å²) in [5.41, 5.74) is 2.22. The van der Waals surface area contributed by atoms with E-state index in [0.29, 0.717) is 17.9 Å². The Labute approximate surface area is 121 Å². The number of nitrogens with one attached hydrogen (secondary N) is 1. The van der Waals surface area contributed by atoms with Gasteiger partial charge in [-0.1, -0.05) is 15.9 Å². The Morgan fingerprint density at radius 3 is 3.00 bits per heavy atom. The Kier molecular flexibility index (Phi) is 3.18. The van der Waals surface area contributed by atoms with Gasteiger partial charge in [0.1, 0.15) is 11.3 Å². The molecule has 0 fully saturated rings. The second-order valence-electron chi connectivity index (χ2n) is 4.17. The number of hydrogen-bond donors (Lipinski definition) is 2. The number of aliphatic carboxylic acids is 1. The lowest BCUT2D eigenvalue weighted by Crippen LogP contribution is -1.99. The van der Waals surface area contributed by atoms with Crippen LogP contribution in [0.5, 0.6) is 0 Å². The minimum absolute atomic E-state index is 0.0799. The maximum atomic E-state index is 10.6. The van der Waals surface area contributed by atoms with Crippen molar-refractivity contribution in [2.24, 2.45) is 0 Å². The number of aromatic amines is 1. The number of carboxylic acids is 1. The zero-order valence-electron chi connectivity index (χ0n) is 10.1. The number of imidazole rings is 1. The number of fused-ring (bicyclic) bond motifs is 1. The summed E-state index contributed by atoms with van der Waals surface area (Å²) in [5.74, 6) is -0.410. The summed E-state index contributed by atoms with van der Waals surface area (Å²) in [6, 6.07) is 1.83. The molecule has 0 unspecified atom stereocenters. The van der Waals surface area contributed by atoms with Crippen molar-refractivity contribution in [2.75, 3.05) is 0 Å². The van der Waals surface area contributed by atoms with E-state index in [2.05, 4.69) is 41.5 Å². The lowest BCUT2D eigenvalue weighted by atomic mass is 10.1. The van der Waals surface area contributed by atoms with Gasteiger partial charge >= 0.3 is 5.97 Å². The van der Waals surface area contributed by atoms with Crippen molar-refractivity contribution in [1.29, 1.82) is 0 Å². The van der Waals surface area contributed by atoms with Crippen LogP contribution in [0.1, 0.15) is 12.0 Å². The van der Waals surface area contributed by atoms with Crippen molar-refractivity contribution in [3.63, 3.8) is 0 Å². The van der Waals surface area contributed by atoms with Crippen LogP contribution in [0.4, 0.5) is 0 Å². The highest BCUT2D eigenvalue weighted by Crippen LogP contribution is 2.22. The van der Waals surface area contributed by atoms with E-state index >= 15 is 0 Å². The van der Waals surface area contributed by atoms with Crippen molar-refractivity contribution in [3.8, 4) is 11.5 Å². The summed E-state index contributed by atoms with van der Waals surface area (Å²) in [5, 5.41) is 22.4. The molecule has 0 aromatic carbocycles. The van der Waals surface area contributed by atoms with Gasteiger partial charge in [0, 0.05) is 23.3 Å². The van der Waals surface area contributed by atoms with Crippen molar-refractivity contribution in [1.82, 2.24) is 30.0 Å². The molecule has 3 rings (SSSR count). The molecule has 0 atom stereocenters. The molecule has 0 amide bonds. The summed E-state index contributed by atoms with van der Waals surface area (Å²) < 4.78 is 2.64. The lowest BCUT2D eigenvalue weighted by molar-refractivity contribution is -0.136. The third-order valence-corrected chi connectivity index (χ3v) is 3.54. The summed E-state index contributed by atoms with van der Waals surface area (Å²) in [7, 11) is 0. The fraction of sp³-hybridized carbons (Fsp3) is 0.182. The van der Waals surface area contributed by atoms with Gasteiger partial charge in [0.2, 0.25) is 5.82 Å². The standard InChI is InChI=1S/C11H9BrN6O2/c12-7-3-9-13-8(11-14-16-17-15-11)5-18(9)4-6(7)1-2-10(19)20/h3-5H,1-2H2,(H,19,20)(H,14,15,16,17). The number of hydrogen-bond acceptors (Lipinski definition) is 5. The van der Waals surface area contributed by atoms with Gasteiger partial charge in [-0.3, -0.25) is 4.79 Å². The molecule has 9 heteroatoms. The fourth-order valence-electron chi connectivity index (χ4n) is 1.86. The van der Waals surface area contributed by atoms with E-state index < -0.39 is 5.97 Å². The minimum atomic E-state index is -0.824. The number of carboxylic acid groups (broad SMARTS) is 1. The van der Waals surface area contributed by atoms with Crippen LogP contribution in [-0.2, 0) is 11.2 Å². The summed E-state index contributed by atoms with van der Waals surface area (Å²) in [6.45, 7) is 0.